The maximum absolute atomic E-state index is 13.8. The van der Waals surface area contributed by atoms with E-state index in [1.165, 1.54) is 12.3 Å². The van der Waals surface area contributed by atoms with Crippen LogP contribution in [0.3, 0.4) is 0 Å². The Bertz CT molecular complexity index is 1140. The number of carbonyl (C=O) groups is 1. The summed E-state index contributed by atoms with van der Waals surface area (Å²) in [6.45, 7) is 0.463. The first-order valence-corrected chi connectivity index (χ1v) is 9.84. The third kappa shape index (κ3) is 5.57. The van der Waals surface area contributed by atoms with Crippen molar-refractivity contribution in [2.45, 2.75) is 19.4 Å². The molecule has 4 aromatic rings. The number of hydrogen-bond acceptors (Lipinski definition) is 5. The van der Waals surface area contributed by atoms with Crippen molar-refractivity contribution in [1.29, 1.82) is 0 Å². The molecule has 0 radical (unpaired) electrons. The van der Waals surface area contributed by atoms with Gasteiger partial charge in [-0.05, 0) is 42.0 Å². The summed E-state index contributed by atoms with van der Waals surface area (Å²) in [7, 11) is 0. The fraction of sp³-hybridized carbons (Fsp3) is 0.120. The normalized spacial score (nSPS) is 10.6. The molecule has 0 atom stereocenters. The minimum atomic E-state index is -0.413. The second kappa shape index (κ2) is 9.71. The van der Waals surface area contributed by atoms with Crippen molar-refractivity contribution < 1.29 is 23.1 Å². The van der Waals surface area contributed by atoms with Gasteiger partial charge in [0.1, 0.15) is 23.9 Å². The number of benzene rings is 3. The molecule has 1 aromatic heterocycles. The summed E-state index contributed by atoms with van der Waals surface area (Å²) in [5, 5.41) is 0. The lowest BCUT2D eigenvalue weighted by molar-refractivity contribution is -0.134. The molecule has 0 fully saturated rings. The Balaban J connectivity index is 1.26. The summed E-state index contributed by atoms with van der Waals surface area (Å²) in [5.41, 5.74) is 1.40. The van der Waals surface area contributed by atoms with Crippen molar-refractivity contribution in [3.63, 3.8) is 0 Å². The van der Waals surface area contributed by atoms with Gasteiger partial charge in [0, 0.05) is 6.42 Å². The first-order valence-electron chi connectivity index (χ1n) is 9.84. The van der Waals surface area contributed by atoms with Gasteiger partial charge in [-0.25, -0.2) is 9.37 Å². The lowest BCUT2D eigenvalue weighted by Crippen LogP contribution is -2.09. The molecule has 0 aliphatic rings. The molecule has 1 heterocycles. The van der Waals surface area contributed by atoms with Crippen LogP contribution in [0.15, 0.2) is 89.5 Å². The van der Waals surface area contributed by atoms with Crippen LogP contribution in [0.4, 0.5) is 4.39 Å². The fourth-order valence-corrected chi connectivity index (χ4v) is 2.95. The van der Waals surface area contributed by atoms with Crippen molar-refractivity contribution in [1.82, 2.24) is 4.98 Å². The van der Waals surface area contributed by atoms with Crippen LogP contribution in [0.25, 0.3) is 11.3 Å². The predicted octanol–water partition coefficient (Wildman–Crippen LogP) is 5.60. The third-order valence-corrected chi connectivity index (χ3v) is 4.54. The zero-order valence-corrected chi connectivity index (χ0v) is 16.7. The van der Waals surface area contributed by atoms with Crippen LogP contribution >= 0.6 is 0 Å². The molecule has 4 rings (SSSR count). The minimum absolute atomic E-state index is 0.0868. The van der Waals surface area contributed by atoms with Gasteiger partial charge in [-0.15, -0.1) is 0 Å². The van der Waals surface area contributed by atoms with Crippen molar-refractivity contribution >= 4 is 5.97 Å². The van der Waals surface area contributed by atoms with Crippen molar-refractivity contribution in [2.75, 3.05) is 0 Å². The standard InChI is InChI=1S/C25H20FNO4/c26-22-9-5-4-8-21(22)23-16-27-24(31-23)14-15-25(28)30-20-12-10-19(11-13-20)29-17-18-6-2-1-3-7-18/h1-13,16H,14-15,17H2. The Morgan fingerprint density at radius 1 is 0.903 bits per heavy atom. The molecule has 156 valence electrons. The highest BCUT2D eigenvalue weighted by Gasteiger charge is 2.13. The van der Waals surface area contributed by atoms with Gasteiger partial charge in [0.05, 0.1) is 18.2 Å². The molecular formula is C25H20FNO4. The first kappa shape index (κ1) is 20.3. The smallest absolute Gasteiger partial charge is 0.311 e. The maximum Gasteiger partial charge on any atom is 0.311 e. The average Bonchev–Trinajstić information content (AvgIpc) is 3.27. The number of oxazole rings is 1. The van der Waals surface area contributed by atoms with E-state index >= 15 is 0 Å². The van der Waals surface area contributed by atoms with Crippen LogP contribution in [0, 0.1) is 5.82 Å². The number of halogens is 1. The number of nitrogens with zero attached hydrogens (tertiary/aromatic N) is 1. The number of ether oxygens (including phenoxy) is 2. The van der Waals surface area contributed by atoms with E-state index in [0.29, 0.717) is 35.3 Å². The van der Waals surface area contributed by atoms with E-state index in [4.69, 9.17) is 13.9 Å². The second-order valence-electron chi connectivity index (χ2n) is 6.82. The molecule has 31 heavy (non-hydrogen) atoms. The molecule has 0 saturated carbocycles. The fourth-order valence-electron chi connectivity index (χ4n) is 2.95. The SMILES string of the molecule is O=C(CCc1ncc(-c2ccccc2F)o1)Oc1ccc(OCc2ccccc2)cc1. The van der Waals surface area contributed by atoms with Gasteiger partial charge >= 0.3 is 5.97 Å². The van der Waals surface area contributed by atoms with Crippen LogP contribution < -0.4 is 9.47 Å². The number of aryl methyl sites for hydroxylation is 1. The average molecular weight is 417 g/mol. The Hall–Kier alpha value is -3.93. The van der Waals surface area contributed by atoms with Crippen LogP contribution in [0.5, 0.6) is 11.5 Å². The van der Waals surface area contributed by atoms with Crippen molar-refractivity contribution in [2.24, 2.45) is 0 Å². The minimum Gasteiger partial charge on any atom is -0.489 e. The van der Waals surface area contributed by atoms with Gasteiger partial charge in [-0.3, -0.25) is 4.79 Å². The molecule has 0 unspecified atom stereocenters. The van der Waals surface area contributed by atoms with Gasteiger partial charge in [0.25, 0.3) is 0 Å². The van der Waals surface area contributed by atoms with E-state index in [-0.39, 0.29) is 18.7 Å². The molecule has 0 bridgehead atoms. The topological polar surface area (TPSA) is 61.6 Å². The van der Waals surface area contributed by atoms with Gasteiger partial charge in [0.2, 0.25) is 0 Å². The molecule has 0 aliphatic carbocycles. The zero-order chi connectivity index (χ0) is 21.5. The molecule has 3 aromatic carbocycles. The molecule has 0 spiro atoms. The highest BCUT2D eigenvalue weighted by Crippen LogP contribution is 2.24. The summed E-state index contributed by atoms with van der Waals surface area (Å²) in [6, 6.07) is 23.0. The quantitative estimate of drug-likeness (QED) is 0.276. The van der Waals surface area contributed by atoms with Crippen LogP contribution in [-0.2, 0) is 17.8 Å². The van der Waals surface area contributed by atoms with E-state index in [1.807, 2.05) is 30.3 Å². The summed E-state index contributed by atoms with van der Waals surface area (Å²) in [4.78, 5) is 16.2. The van der Waals surface area contributed by atoms with Gasteiger partial charge < -0.3 is 13.9 Å². The van der Waals surface area contributed by atoms with Gasteiger partial charge in [-0.2, -0.15) is 0 Å². The van der Waals surface area contributed by atoms with Crippen LogP contribution in [-0.4, -0.2) is 11.0 Å². The summed E-state index contributed by atoms with van der Waals surface area (Å²) in [6.07, 6.45) is 1.79. The number of aromatic nitrogens is 1. The summed E-state index contributed by atoms with van der Waals surface area (Å²) in [5.74, 6) is 0.984. The van der Waals surface area contributed by atoms with Crippen molar-refractivity contribution in [3.8, 4) is 22.8 Å². The van der Waals surface area contributed by atoms with Crippen LogP contribution in [0.1, 0.15) is 17.9 Å². The molecule has 0 amide bonds. The Labute approximate surface area is 179 Å². The highest BCUT2D eigenvalue weighted by molar-refractivity contribution is 5.72. The summed E-state index contributed by atoms with van der Waals surface area (Å²) < 4.78 is 30.4. The molecule has 6 heteroatoms. The number of hydrogen-bond donors (Lipinski definition) is 0. The molecule has 0 saturated heterocycles. The molecule has 5 nitrogen and oxygen atoms in total. The molecule has 0 aliphatic heterocycles. The second-order valence-corrected chi connectivity index (χ2v) is 6.82. The van der Waals surface area contributed by atoms with E-state index in [9.17, 15) is 9.18 Å². The van der Waals surface area contributed by atoms with Crippen LogP contribution in [0.2, 0.25) is 0 Å². The van der Waals surface area contributed by atoms with E-state index in [0.717, 1.165) is 5.56 Å². The van der Waals surface area contributed by atoms with Gasteiger partial charge in [-0.1, -0.05) is 42.5 Å². The monoisotopic (exact) mass is 417 g/mol. The largest absolute Gasteiger partial charge is 0.489 e. The van der Waals surface area contributed by atoms with E-state index < -0.39 is 5.97 Å². The maximum atomic E-state index is 13.8. The first-order chi connectivity index (χ1) is 15.2. The van der Waals surface area contributed by atoms with E-state index in [1.54, 1.807) is 42.5 Å². The Kier molecular flexibility index (Phi) is 6.38. The lowest BCUT2D eigenvalue weighted by atomic mass is 10.2. The predicted molar refractivity (Wildman–Crippen MR) is 113 cm³/mol. The zero-order valence-electron chi connectivity index (χ0n) is 16.7. The number of esters is 1. The third-order valence-electron chi connectivity index (χ3n) is 4.54. The summed E-state index contributed by atoms with van der Waals surface area (Å²) >= 11 is 0. The van der Waals surface area contributed by atoms with E-state index in [2.05, 4.69) is 4.98 Å². The molecule has 0 N–H and O–H groups in total. The van der Waals surface area contributed by atoms with Crippen molar-refractivity contribution in [3.05, 3.63) is 102 Å². The lowest BCUT2D eigenvalue weighted by Gasteiger charge is -2.08. The number of carbonyl (C=O) groups excluding carboxylic acids is 1. The van der Waals surface area contributed by atoms with Gasteiger partial charge in [0.15, 0.2) is 11.7 Å². The Morgan fingerprint density at radius 3 is 2.39 bits per heavy atom. The Morgan fingerprint density at radius 2 is 1.61 bits per heavy atom. The highest BCUT2D eigenvalue weighted by atomic mass is 19.1. The molecular weight excluding hydrogens is 397 g/mol. The number of rotatable bonds is 8.